The SMILES string of the molecule is CCCCC(OCCO)C(=O)O. The molecule has 0 amide bonds. The van der Waals surface area contributed by atoms with Crippen molar-refractivity contribution >= 4 is 5.97 Å². The fourth-order valence-corrected chi connectivity index (χ4v) is 0.863. The highest BCUT2D eigenvalue weighted by atomic mass is 16.5. The summed E-state index contributed by atoms with van der Waals surface area (Å²) in [5.74, 6) is -0.947. The number of aliphatic hydroxyl groups is 1. The zero-order valence-electron chi connectivity index (χ0n) is 7.32. The van der Waals surface area contributed by atoms with Crippen LogP contribution in [0.25, 0.3) is 0 Å². The van der Waals surface area contributed by atoms with Crippen LogP contribution in [0.5, 0.6) is 0 Å². The third-order valence-electron chi connectivity index (χ3n) is 1.51. The summed E-state index contributed by atoms with van der Waals surface area (Å²) in [5.41, 5.74) is 0. The molecule has 72 valence electrons. The van der Waals surface area contributed by atoms with Gasteiger partial charge in [0.1, 0.15) is 0 Å². The van der Waals surface area contributed by atoms with Crippen molar-refractivity contribution in [1.29, 1.82) is 0 Å². The first-order chi connectivity index (χ1) is 5.72. The van der Waals surface area contributed by atoms with Crippen molar-refractivity contribution in [3.8, 4) is 0 Å². The molecule has 0 heterocycles. The first-order valence-electron chi connectivity index (χ1n) is 4.17. The van der Waals surface area contributed by atoms with E-state index in [1.165, 1.54) is 0 Å². The van der Waals surface area contributed by atoms with Gasteiger partial charge in [0.15, 0.2) is 6.10 Å². The molecule has 0 aliphatic heterocycles. The Hall–Kier alpha value is -0.610. The molecule has 0 rings (SSSR count). The first kappa shape index (κ1) is 11.4. The Morgan fingerprint density at radius 1 is 1.58 bits per heavy atom. The smallest absolute Gasteiger partial charge is 0.332 e. The third-order valence-corrected chi connectivity index (χ3v) is 1.51. The molecule has 0 aromatic carbocycles. The highest BCUT2D eigenvalue weighted by molar-refractivity contribution is 5.72. The van der Waals surface area contributed by atoms with E-state index in [0.29, 0.717) is 6.42 Å². The molecular weight excluding hydrogens is 160 g/mol. The van der Waals surface area contributed by atoms with Gasteiger partial charge in [-0.3, -0.25) is 0 Å². The van der Waals surface area contributed by atoms with Crippen LogP contribution < -0.4 is 0 Å². The van der Waals surface area contributed by atoms with E-state index in [-0.39, 0.29) is 13.2 Å². The maximum atomic E-state index is 10.5. The van der Waals surface area contributed by atoms with Gasteiger partial charge in [0.25, 0.3) is 0 Å². The van der Waals surface area contributed by atoms with E-state index < -0.39 is 12.1 Å². The topological polar surface area (TPSA) is 66.8 Å². The summed E-state index contributed by atoms with van der Waals surface area (Å²) in [6.07, 6.45) is 1.55. The van der Waals surface area contributed by atoms with Crippen LogP contribution in [0.3, 0.4) is 0 Å². The average Bonchev–Trinajstić information content (AvgIpc) is 2.04. The van der Waals surface area contributed by atoms with Gasteiger partial charge in [-0.25, -0.2) is 4.79 Å². The van der Waals surface area contributed by atoms with Crippen LogP contribution in [0.2, 0.25) is 0 Å². The molecule has 0 aliphatic carbocycles. The van der Waals surface area contributed by atoms with Crippen molar-refractivity contribution in [3.63, 3.8) is 0 Å². The number of rotatable bonds is 7. The molecule has 4 nitrogen and oxygen atoms in total. The standard InChI is InChI=1S/C8H16O4/c1-2-3-4-7(8(10)11)12-6-5-9/h7,9H,2-6H2,1H3,(H,10,11). The summed E-state index contributed by atoms with van der Waals surface area (Å²) in [5, 5.41) is 17.0. The summed E-state index contributed by atoms with van der Waals surface area (Å²) in [6, 6.07) is 0. The first-order valence-corrected chi connectivity index (χ1v) is 4.17. The minimum Gasteiger partial charge on any atom is -0.479 e. The molecular formula is C8H16O4. The minimum atomic E-state index is -0.947. The van der Waals surface area contributed by atoms with Crippen molar-refractivity contribution < 1.29 is 19.7 Å². The number of carboxylic acid groups (broad SMARTS) is 1. The Balaban J connectivity index is 3.62. The lowest BCUT2D eigenvalue weighted by Crippen LogP contribution is -2.25. The molecule has 0 aliphatic rings. The predicted molar refractivity (Wildman–Crippen MR) is 44.0 cm³/mol. The molecule has 2 N–H and O–H groups in total. The Kier molecular flexibility index (Phi) is 6.70. The molecule has 0 bridgehead atoms. The van der Waals surface area contributed by atoms with Crippen LogP contribution in [0.4, 0.5) is 0 Å². The van der Waals surface area contributed by atoms with Gasteiger partial charge in [0.05, 0.1) is 13.2 Å². The van der Waals surface area contributed by atoms with Crippen LogP contribution in [-0.4, -0.2) is 35.5 Å². The second kappa shape index (κ2) is 7.06. The maximum absolute atomic E-state index is 10.5. The number of unbranched alkanes of at least 4 members (excludes halogenated alkanes) is 1. The van der Waals surface area contributed by atoms with Crippen LogP contribution in [0.15, 0.2) is 0 Å². The van der Waals surface area contributed by atoms with E-state index in [9.17, 15) is 4.79 Å². The fourth-order valence-electron chi connectivity index (χ4n) is 0.863. The average molecular weight is 176 g/mol. The molecule has 0 saturated heterocycles. The molecule has 12 heavy (non-hydrogen) atoms. The molecule has 1 unspecified atom stereocenters. The fraction of sp³-hybridized carbons (Fsp3) is 0.875. The van der Waals surface area contributed by atoms with Gasteiger partial charge in [-0.1, -0.05) is 19.8 Å². The van der Waals surface area contributed by atoms with Crippen molar-refractivity contribution in [2.45, 2.75) is 32.3 Å². The number of aliphatic carboxylic acids is 1. The van der Waals surface area contributed by atoms with Crippen molar-refractivity contribution in [1.82, 2.24) is 0 Å². The van der Waals surface area contributed by atoms with Crippen LogP contribution in [0.1, 0.15) is 26.2 Å². The molecule has 0 saturated carbocycles. The summed E-state index contributed by atoms with van der Waals surface area (Å²) in [4.78, 5) is 10.5. The number of carbonyl (C=O) groups is 1. The zero-order valence-corrected chi connectivity index (χ0v) is 7.32. The minimum absolute atomic E-state index is 0.0979. The monoisotopic (exact) mass is 176 g/mol. The summed E-state index contributed by atoms with van der Waals surface area (Å²) < 4.78 is 4.91. The molecule has 0 radical (unpaired) electrons. The quantitative estimate of drug-likeness (QED) is 0.597. The van der Waals surface area contributed by atoms with Gasteiger partial charge in [0.2, 0.25) is 0 Å². The summed E-state index contributed by atoms with van der Waals surface area (Å²) in [7, 11) is 0. The molecule has 0 fully saturated rings. The third kappa shape index (κ3) is 5.09. The number of carboxylic acids is 1. The lowest BCUT2D eigenvalue weighted by Gasteiger charge is -2.11. The lowest BCUT2D eigenvalue weighted by atomic mass is 10.1. The summed E-state index contributed by atoms with van der Waals surface area (Å²) in [6.45, 7) is 1.96. The van der Waals surface area contributed by atoms with Gasteiger partial charge < -0.3 is 14.9 Å². The van der Waals surface area contributed by atoms with Gasteiger partial charge in [-0.2, -0.15) is 0 Å². The van der Waals surface area contributed by atoms with E-state index in [2.05, 4.69) is 0 Å². The normalized spacial score (nSPS) is 12.8. The molecule has 0 aromatic rings. The maximum Gasteiger partial charge on any atom is 0.332 e. The number of hydrogen-bond donors (Lipinski definition) is 2. The molecule has 1 atom stereocenters. The van der Waals surface area contributed by atoms with E-state index in [1.807, 2.05) is 6.92 Å². The predicted octanol–water partition coefficient (Wildman–Crippen LogP) is 0.639. The Labute approximate surface area is 72.2 Å². The van der Waals surface area contributed by atoms with Crippen molar-refractivity contribution in [3.05, 3.63) is 0 Å². The number of ether oxygens (including phenoxy) is 1. The largest absolute Gasteiger partial charge is 0.479 e. The van der Waals surface area contributed by atoms with Gasteiger partial charge in [-0.05, 0) is 6.42 Å². The zero-order chi connectivity index (χ0) is 9.40. The highest BCUT2D eigenvalue weighted by Crippen LogP contribution is 2.04. The molecule has 0 spiro atoms. The number of hydrogen-bond acceptors (Lipinski definition) is 3. The second-order valence-corrected chi connectivity index (χ2v) is 2.56. The molecule has 4 heteroatoms. The highest BCUT2D eigenvalue weighted by Gasteiger charge is 2.16. The van der Waals surface area contributed by atoms with Crippen molar-refractivity contribution in [2.75, 3.05) is 13.2 Å². The Morgan fingerprint density at radius 2 is 2.25 bits per heavy atom. The van der Waals surface area contributed by atoms with Crippen molar-refractivity contribution in [2.24, 2.45) is 0 Å². The van der Waals surface area contributed by atoms with Gasteiger partial charge in [0, 0.05) is 0 Å². The lowest BCUT2D eigenvalue weighted by molar-refractivity contribution is -0.151. The van der Waals surface area contributed by atoms with E-state index in [4.69, 9.17) is 14.9 Å². The summed E-state index contributed by atoms with van der Waals surface area (Å²) >= 11 is 0. The van der Waals surface area contributed by atoms with Crippen LogP contribution in [0, 0.1) is 0 Å². The van der Waals surface area contributed by atoms with E-state index >= 15 is 0 Å². The van der Waals surface area contributed by atoms with Gasteiger partial charge >= 0.3 is 5.97 Å². The second-order valence-electron chi connectivity index (χ2n) is 2.56. The van der Waals surface area contributed by atoms with Crippen LogP contribution in [-0.2, 0) is 9.53 Å². The van der Waals surface area contributed by atoms with Gasteiger partial charge in [-0.15, -0.1) is 0 Å². The Morgan fingerprint density at radius 3 is 2.67 bits per heavy atom. The Bertz CT molecular complexity index is 116. The van der Waals surface area contributed by atoms with E-state index in [1.54, 1.807) is 0 Å². The van der Waals surface area contributed by atoms with Crippen LogP contribution >= 0.6 is 0 Å². The number of aliphatic hydroxyl groups excluding tert-OH is 1. The molecule has 0 aromatic heterocycles. The van der Waals surface area contributed by atoms with E-state index in [0.717, 1.165) is 12.8 Å².